The second-order valence-corrected chi connectivity index (χ2v) is 4.65. The molecule has 0 radical (unpaired) electrons. The van der Waals surface area contributed by atoms with Crippen LogP contribution >= 0.6 is 0 Å². The average Bonchev–Trinajstić information content (AvgIpc) is 2.75. The third kappa shape index (κ3) is 2.27. The Hall–Kier alpha value is -0.570. The molecule has 1 N–H and O–H groups in total. The van der Waals surface area contributed by atoms with Crippen LogP contribution < -0.4 is 5.32 Å². The van der Waals surface area contributed by atoms with E-state index < -0.39 is 0 Å². The molecule has 0 saturated carbocycles. The molecule has 0 aromatic heterocycles. The van der Waals surface area contributed by atoms with Gasteiger partial charge in [-0.05, 0) is 26.7 Å². The maximum absolute atomic E-state index is 4.46. The number of hydrogen-bond acceptors (Lipinski definition) is 3. The van der Waals surface area contributed by atoms with Crippen molar-refractivity contribution in [1.82, 2.24) is 10.2 Å². The molecule has 0 aliphatic carbocycles. The second kappa shape index (κ2) is 4.30. The van der Waals surface area contributed by atoms with Crippen LogP contribution in [0.2, 0.25) is 0 Å². The zero-order valence-electron chi connectivity index (χ0n) is 9.29. The highest BCUT2D eigenvalue weighted by Gasteiger charge is 2.24. The largest absolute Gasteiger partial charge is 0.370 e. The number of aliphatic imine (C=N–C) groups is 1. The minimum Gasteiger partial charge on any atom is -0.370 e. The first-order valence-electron chi connectivity index (χ1n) is 5.79. The molecule has 0 aromatic carbocycles. The Labute approximate surface area is 86.6 Å². The van der Waals surface area contributed by atoms with Crippen molar-refractivity contribution in [3.05, 3.63) is 0 Å². The van der Waals surface area contributed by atoms with Gasteiger partial charge < -0.3 is 5.32 Å². The quantitative estimate of drug-likeness (QED) is 0.718. The van der Waals surface area contributed by atoms with E-state index in [0.29, 0.717) is 12.1 Å². The van der Waals surface area contributed by atoms with Gasteiger partial charge in [0.05, 0.1) is 5.84 Å². The smallest absolute Gasteiger partial charge is 0.0966 e. The standard InChI is InChI=1S/C11H21N3/c1-9(2)14-7-5-10(8-14)13-11-4-3-6-12-11/h9-10H,3-8H2,1-2H3,(H,12,13). The topological polar surface area (TPSA) is 27.6 Å². The Morgan fingerprint density at radius 1 is 1.50 bits per heavy atom. The van der Waals surface area contributed by atoms with E-state index >= 15 is 0 Å². The van der Waals surface area contributed by atoms with E-state index in [0.717, 1.165) is 13.0 Å². The first-order valence-corrected chi connectivity index (χ1v) is 5.79. The Balaban J connectivity index is 1.78. The molecule has 0 spiro atoms. The first kappa shape index (κ1) is 9.97. The summed E-state index contributed by atoms with van der Waals surface area (Å²) in [6.45, 7) is 8.01. The number of amidine groups is 1. The zero-order valence-corrected chi connectivity index (χ0v) is 9.29. The molecule has 1 unspecified atom stereocenters. The van der Waals surface area contributed by atoms with E-state index in [1.165, 1.54) is 31.8 Å². The molecule has 80 valence electrons. The molecular formula is C11H21N3. The van der Waals surface area contributed by atoms with E-state index in [1.54, 1.807) is 0 Å². The molecule has 1 atom stereocenters. The van der Waals surface area contributed by atoms with Crippen LogP contribution in [0.5, 0.6) is 0 Å². The minimum absolute atomic E-state index is 0.647. The second-order valence-electron chi connectivity index (χ2n) is 4.65. The van der Waals surface area contributed by atoms with Crippen molar-refractivity contribution in [1.29, 1.82) is 0 Å². The van der Waals surface area contributed by atoms with Crippen molar-refractivity contribution in [3.63, 3.8) is 0 Å². The fourth-order valence-electron chi connectivity index (χ4n) is 2.27. The fraction of sp³-hybridized carbons (Fsp3) is 0.909. The molecule has 3 heteroatoms. The number of nitrogens with zero attached hydrogens (tertiary/aromatic N) is 2. The summed E-state index contributed by atoms with van der Waals surface area (Å²) in [7, 11) is 0. The van der Waals surface area contributed by atoms with Crippen LogP contribution in [0, 0.1) is 0 Å². The van der Waals surface area contributed by atoms with E-state index in [2.05, 4.69) is 29.1 Å². The first-order chi connectivity index (χ1) is 6.75. The van der Waals surface area contributed by atoms with E-state index in [1.807, 2.05) is 0 Å². The minimum atomic E-state index is 0.647. The van der Waals surface area contributed by atoms with Crippen molar-refractivity contribution in [2.75, 3.05) is 19.6 Å². The molecule has 2 rings (SSSR count). The molecule has 0 amide bonds. The van der Waals surface area contributed by atoms with Crippen molar-refractivity contribution in [3.8, 4) is 0 Å². The summed E-state index contributed by atoms with van der Waals surface area (Å²) >= 11 is 0. The Morgan fingerprint density at radius 3 is 2.93 bits per heavy atom. The lowest BCUT2D eigenvalue weighted by molar-refractivity contribution is 0.271. The summed E-state index contributed by atoms with van der Waals surface area (Å²) in [4.78, 5) is 6.99. The highest BCUT2D eigenvalue weighted by atomic mass is 15.2. The number of hydrogen-bond donors (Lipinski definition) is 1. The Morgan fingerprint density at radius 2 is 2.36 bits per heavy atom. The number of rotatable bonds is 2. The van der Waals surface area contributed by atoms with Crippen LogP contribution in [-0.2, 0) is 0 Å². The van der Waals surface area contributed by atoms with Gasteiger partial charge in [0.25, 0.3) is 0 Å². The fourth-order valence-corrected chi connectivity index (χ4v) is 2.27. The summed E-state index contributed by atoms with van der Waals surface area (Å²) in [5.74, 6) is 1.25. The summed E-state index contributed by atoms with van der Waals surface area (Å²) in [6.07, 6.45) is 3.68. The lowest BCUT2D eigenvalue weighted by atomic mass is 10.2. The van der Waals surface area contributed by atoms with Gasteiger partial charge in [-0.15, -0.1) is 0 Å². The van der Waals surface area contributed by atoms with Crippen LogP contribution in [0.15, 0.2) is 4.99 Å². The molecule has 3 nitrogen and oxygen atoms in total. The highest BCUT2D eigenvalue weighted by molar-refractivity contribution is 5.83. The van der Waals surface area contributed by atoms with E-state index in [9.17, 15) is 0 Å². The molecule has 2 aliphatic rings. The van der Waals surface area contributed by atoms with Gasteiger partial charge in [-0.3, -0.25) is 9.89 Å². The van der Waals surface area contributed by atoms with Crippen molar-refractivity contribution in [2.24, 2.45) is 4.99 Å². The average molecular weight is 195 g/mol. The predicted octanol–water partition coefficient (Wildman–Crippen LogP) is 1.25. The molecule has 0 bridgehead atoms. The van der Waals surface area contributed by atoms with Gasteiger partial charge in [-0.1, -0.05) is 0 Å². The normalized spacial score (nSPS) is 28.5. The monoisotopic (exact) mass is 195 g/mol. The van der Waals surface area contributed by atoms with Crippen molar-refractivity contribution >= 4 is 5.84 Å². The lowest BCUT2D eigenvalue weighted by Crippen LogP contribution is -2.37. The van der Waals surface area contributed by atoms with Gasteiger partial charge in [0.15, 0.2) is 0 Å². The molecule has 1 saturated heterocycles. The predicted molar refractivity (Wildman–Crippen MR) is 59.8 cm³/mol. The van der Waals surface area contributed by atoms with Gasteiger partial charge in [0.2, 0.25) is 0 Å². The molecule has 0 aromatic rings. The molecule has 14 heavy (non-hydrogen) atoms. The Bertz CT molecular complexity index is 223. The van der Waals surface area contributed by atoms with Gasteiger partial charge in [0, 0.05) is 38.1 Å². The van der Waals surface area contributed by atoms with Crippen molar-refractivity contribution in [2.45, 2.75) is 45.2 Å². The van der Waals surface area contributed by atoms with Crippen LogP contribution in [0.1, 0.15) is 33.1 Å². The van der Waals surface area contributed by atoms with E-state index in [-0.39, 0.29) is 0 Å². The van der Waals surface area contributed by atoms with Gasteiger partial charge in [-0.2, -0.15) is 0 Å². The Kier molecular flexibility index (Phi) is 3.06. The van der Waals surface area contributed by atoms with Gasteiger partial charge in [-0.25, -0.2) is 0 Å². The zero-order chi connectivity index (χ0) is 9.97. The lowest BCUT2D eigenvalue weighted by Gasteiger charge is -2.20. The maximum atomic E-state index is 4.46. The van der Waals surface area contributed by atoms with Gasteiger partial charge >= 0.3 is 0 Å². The number of nitrogens with one attached hydrogen (secondary N) is 1. The van der Waals surface area contributed by atoms with Crippen LogP contribution in [-0.4, -0.2) is 42.5 Å². The third-order valence-electron chi connectivity index (χ3n) is 3.20. The van der Waals surface area contributed by atoms with Crippen LogP contribution in [0.4, 0.5) is 0 Å². The highest BCUT2D eigenvalue weighted by Crippen LogP contribution is 2.13. The maximum Gasteiger partial charge on any atom is 0.0966 e. The third-order valence-corrected chi connectivity index (χ3v) is 3.20. The van der Waals surface area contributed by atoms with E-state index in [4.69, 9.17) is 0 Å². The summed E-state index contributed by atoms with van der Waals surface area (Å²) in [5.41, 5.74) is 0. The summed E-state index contributed by atoms with van der Waals surface area (Å²) in [6, 6.07) is 1.33. The summed E-state index contributed by atoms with van der Waals surface area (Å²) < 4.78 is 0. The molecule has 2 aliphatic heterocycles. The van der Waals surface area contributed by atoms with Crippen molar-refractivity contribution < 1.29 is 0 Å². The molecular weight excluding hydrogens is 174 g/mol. The summed E-state index contributed by atoms with van der Waals surface area (Å²) in [5, 5.41) is 3.57. The van der Waals surface area contributed by atoms with Crippen LogP contribution in [0.25, 0.3) is 0 Å². The van der Waals surface area contributed by atoms with Crippen LogP contribution in [0.3, 0.4) is 0 Å². The molecule has 1 fully saturated rings. The van der Waals surface area contributed by atoms with Gasteiger partial charge in [0.1, 0.15) is 0 Å². The number of likely N-dealkylation sites (tertiary alicyclic amines) is 1. The molecule has 2 heterocycles. The SMILES string of the molecule is CC(C)N1CCC(NC2=NCCC2)C1.